The smallest absolute Gasteiger partial charge is 0.255 e. The van der Waals surface area contributed by atoms with Gasteiger partial charge in [0.2, 0.25) is 0 Å². The van der Waals surface area contributed by atoms with Crippen molar-refractivity contribution in [1.82, 2.24) is 9.88 Å². The molecule has 0 unspecified atom stereocenters. The Morgan fingerprint density at radius 3 is 3.24 bits per heavy atom. The highest BCUT2D eigenvalue weighted by Crippen LogP contribution is 2.22. The van der Waals surface area contributed by atoms with Gasteiger partial charge >= 0.3 is 0 Å². The van der Waals surface area contributed by atoms with E-state index in [1.54, 1.807) is 6.20 Å². The highest BCUT2D eigenvalue weighted by atomic mass is 35.5. The lowest BCUT2D eigenvalue weighted by Gasteiger charge is -2.29. The summed E-state index contributed by atoms with van der Waals surface area (Å²) in [5.41, 5.74) is 0.575. The van der Waals surface area contributed by atoms with Crippen LogP contribution in [0.3, 0.4) is 0 Å². The molecule has 1 aliphatic heterocycles. The molecule has 6 nitrogen and oxygen atoms in total. The minimum Gasteiger partial charge on any atom is -0.373 e. The molecule has 0 radical (unpaired) electrons. The molecular weight excluding hydrogens is 266 g/mol. The first-order chi connectivity index (χ1) is 8.15. The number of aromatic nitrogens is 1. The van der Waals surface area contributed by atoms with Crippen molar-refractivity contribution < 1.29 is 9.66 Å². The quantitative estimate of drug-likeness (QED) is 0.621. The van der Waals surface area contributed by atoms with Crippen molar-refractivity contribution in [3.8, 4) is 0 Å². The van der Waals surface area contributed by atoms with E-state index >= 15 is 0 Å². The van der Waals surface area contributed by atoms with Gasteiger partial charge in [0.1, 0.15) is 5.70 Å². The minimum absolute atomic E-state index is 0.271. The first-order valence-electron chi connectivity index (χ1n) is 4.92. The molecule has 0 aliphatic carbocycles. The van der Waals surface area contributed by atoms with Crippen molar-refractivity contribution in [1.29, 1.82) is 0 Å². The van der Waals surface area contributed by atoms with E-state index in [9.17, 15) is 10.1 Å². The van der Waals surface area contributed by atoms with E-state index in [0.29, 0.717) is 29.9 Å². The van der Waals surface area contributed by atoms with Crippen LogP contribution >= 0.6 is 22.9 Å². The Balaban J connectivity index is 2.09. The molecule has 2 rings (SSSR count). The van der Waals surface area contributed by atoms with Crippen LogP contribution in [0.5, 0.6) is 0 Å². The fourth-order valence-electron chi connectivity index (χ4n) is 1.55. The first kappa shape index (κ1) is 12.3. The average Bonchev–Trinajstić information content (AvgIpc) is 2.66. The molecule has 0 aromatic carbocycles. The number of morpholine rings is 1. The van der Waals surface area contributed by atoms with Gasteiger partial charge in [-0.15, -0.1) is 11.3 Å². The molecular formula is C9H10ClN3O3S. The van der Waals surface area contributed by atoms with Gasteiger partial charge in [0.05, 0.1) is 24.7 Å². The van der Waals surface area contributed by atoms with Gasteiger partial charge in [-0.3, -0.25) is 10.1 Å². The molecule has 0 saturated carbocycles. The third kappa shape index (κ3) is 3.39. The minimum atomic E-state index is -0.462. The number of thiazole rings is 1. The largest absolute Gasteiger partial charge is 0.373 e. The van der Waals surface area contributed by atoms with Gasteiger partial charge in [-0.25, -0.2) is 4.98 Å². The van der Waals surface area contributed by atoms with Crippen LogP contribution in [0, 0.1) is 10.1 Å². The number of ether oxygens (including phenoxy) is 1. The number of rotatable bonds is 3. The third-order valence-corrected chi connectivity index (χ3v) is 3.39. The molecule has 1 fully saturated rings. The summed E-state index contributed by atoms with van der Waals surface area (Å²) in [6.07, 6.45) is 2.67. The molecule has 1 saturated heterocycles. The predicted molar refractivity (Wildman–Crippen MR) is 63.4 cm³/mol. The predicted octanol–water partition coefficient (Wildman–Crippen LogP) is 1.75. The topological polar surface area (TPSA) is 68.5 Å². The average molecular weight is 276 g/mol. The van der Waals surface area contributed by atoms with Crippen molar-refractivity contribution in [3.63, 3.8) is 0 Å². The zero-order valence-electron chi connectivity index (χ0n) is 8.84. The molecule has 0 bridgehead atoms. The Morgan fingerprint density at radius 1 is 1.76 bits per heavy atom. The second kappa shape index (κ2) is 5.44. The van der Waals surface area contributed by atoms with Crippen molar-refractivity contribution in [2.24, 2.45) is 0 Å². The second-order valence-corrected chi connectivity index (χ2v) is 5.16. The summed E-state index contributed by atoms with van der Waals surface area (Å²) >= 11 is 7.12. The summed E-state index contributed by atoms with van der Waals surface area (Å²) in [6, 6.07) is 0. The van der Waals surface area contributed by atoms with Crippen LogP contribution in [-0.2, 0) is 11.3 Å². The van der Waals surface area contributed by atoms with Crippen LogP contribution in [0.25, 0.3) is 0 Å². The van der Waals surface area contributed by atoms with Gasteiger partial charge in [0.25, 0.3) is 6.20 Å². The number of nitro groups is 1. The van der Waals surface area contributed by atoms with E-state index in [1.807, 2.05) is 4.90 Å². The maximum absolute atomic E-state index is 10.5. The zero-order valence-corrected chi connectivity index (χ0v) is 10.4. The van der Waals surface area contributed by atoms with Crippen LogP contribution in [0.4, 0.5) is 0 Å². The number of halogens is 1. The maximum Gasteiger partial charge on any atom is 0.255 e. The van der Waals surface area contributed by atoms with E-state index in [2.05, 4.69) is 4.98 Å². The Hall–Kier alpha value is -1.18. The monoisotopic (exact) mass is 275 g/mol. The van der Waals surface area contributed by atoms with Crippen LogP contribution < -0.4 is 0 Å². The van der Waals surface area contributed by atoms with Gasteiger partial charge in [-0.05, 0) is 0 Å². The van der Waals surface area contributed by atoms with Crippen molar-refractivity contribution >= 4 is 22.9 Å². The highest BCUT2D eigenvalue weighted by Gasteiger charge is 2.19. The van der Waals surface area contributed by atoms with E-state index < -0.39 is 4.92 Å². The number of hydrogen-bond acceptors (Lipinski definition) is 6. The summed E-state index contributed by atoms with van der Waals surface area (Å²) < 4.78 is 5.68. The van der Waals surface area contributed by atoms with Crippen molar-refractivity contribution in [2.45, 2.75) is 6.54 Å². The normalized spacial score (nSPS) is 18.6. The fourth-order valence-corrected chi connectivity index (χ4v) is 2.55. The van der Waals surface area contributed by atoms with Gasteiger partial charge in [-0.1, -0.05) is 11.6 Å². The number of nitrogens with zero attached hydrogens (tertiary/aromatic N) is 3. The highest BCUT2D eigenvalue weighted by molar-refractivity contribution is 7.15. The zero-order chi connectivity index (χ0) is 12.3. The molecule has 1 aromatic rings. The van der Waals surface area contributed by atoms with Crippen LogP contribution in [-0.4, -0.2) is 34.6 Å². The van der Waals surface area contributed by atoms with Crippen LogP contribution in [0.15, 0.2) is 18.1 Å². The van der Waals surface area contributed by atoms with Crippen LogP contribution in [0.2, 0.25) is 4.47 Å². The molecule has 0 amide bonds. The molecule has 0 spiro atoms. The third-order valence-electron chi connectivity index (χ3n) is 2.29. The SMILES string of the molecule is O=[N+]([O-])C=C1COCCN1Cc1cnc(Cl)s1. The first-order valence-corrected chi connectivity index (χ1v) is 6.11. The van der Waals surface area contributed by atoms with Gasteiger partial charge in [-0.2, -0.15) is 0 Å². The molecule has 1 aliphatic rings. The van der Waals surface area contributed by atoms with Crippen LogP contribution in [0.1, 0.15) is 4.88 Å². The van der Waals surface area contributed by atoms with Gasteiger partial charge in [0.15, 0.2) is 4.47 Å². The van der Waals surface area contributed by atoms with Crippen molar-refractivity contribution in [2.75, 3.05) is 19.8 Å². The number of hydrogen-bond donors (Lipinski definition) is 0. The summed E-state index contributed by atoms with van der Waals surface area (Å²) in [5.74, 6) is 0. The summed E-state index contributed by atoms with van der Waals surface area (Å²) in [6.45, 7) is 2.05. The van der Waals surface area contributed by atoms with E-state index in [-0.39, 0.29) is 6.61 Å². The molecule has 0 N–H and O–H groups in total. The van der Waals surface area contributed by atoms with E-state index in [4.69, 9.17) is 16.3 Å². The Morgan fingerprint density at radius 2 is 2.59 bits per heavy atom. The Kier molecular flexibility index (Phi) is 3.93. The fraction of sp³-hybridized carbons (Fsp3) is 0.444. The van der Waals surface area contributed by atoms with E-state index in [1.165, 1.54) is 11.3 Å². The Labute approximate surface area is 107 Å². The molecule has 2 heterocycles. The van der Waals surface area contributed by atoms with Crippen molar-refractivity contribution in [3.05, 3.63) is 37.6 Å². The summed E-state index contributed by atoms with van der Waals surface area (Å²) in [7, 11) is 0. The standard InChI is InChI=1S/C9H10ClN3O3S/c10-9-11-3-8(17-9)5-12-1-2-16-6-7(12)4-13(14)15/h3-4H,1-2,5-6H2. The Bertz CT molecular complexity index is 448. The molecule has 17 heavy (non-hydrogen) atoms. The maximum atomic E-state index is 10.5. The second-order valence-electron chi connectivity index (χ2n) is 3.46. The lowest BCUT2D eigenvalue weighted by Crippen LogP contribution is -2.34. The van der Waals surface area contributed by atoms with E-state index in [0.717, 1.165) is 11.1 Å². The molecule has 92 valence electrons. The molecule has 1 aromatic heterocycles. The summed E-state index contributed by atoms with van der Waals surface area (Å²) in [5, 5.41) is 10.5. The molecule has 8 heteroatoms. The van der Waals surface area contributed by atoms with Gasteiger partial charge in [0, 0.05) is 17.6 Å². The summed E-state index contributed by atoms with van der Waals surface area (Å²) in [4.78, 5) is 16.9. The lowest BCUT2D eigenvalue weighted by atomic mass is 10.3. The lowest BCUT2D eigenvalue weighted by molar-refractivity contribution is -0.405. The van der Waals surface area contributed by atoms with Gasteiger partial charge < -0.3 is 9.64 Å². The molecule has 0 atom stereocenters.